The number of nitrogens with zero attached hydrogens (tertiary/aromatic N) is 4. The summed E-state index contributed by atoms with van der Waals surface area (Å²) in [5.41, 5.74) is 3.98. The maximum Gasteiger partial charge on any atom is 0.246 e. The lowest BCUT2D eigenvalue weighted by molar-refractivity contribution is -0.116. The van der Waals surface area contributed by atoms with Gasteiger partial charge in [0.2, 0.25) is 5.91 Å². The molecule has 0 atom stereocenters. The minimum absolute atomic E-state index is 0.0854. The first-order chi connectivity index (χ1) is 12.3. The molecule has 8 heteroatoms. The first-order valence-corrected chi connectivity index (χ1v) is 8.87. The summed E-state index contributed by atoms with van der Waals surface area (Å²) in [6.45, 7) is 6.20. The fraction of sp³-hybridized carbons (Fsp3) is 0.278. The van der Waals surface area contributed by atoms with Crippen LogP contribution in [0.15, 0.2) is 30.5 Å². The van der Waals surface area contributed by atoms with Gasteiger partial charge in [0, 0.05) is 11.2 Å². The molecule has 136 valence electrons. The molecule has 0 spiro atoms. The number of anilines is 1. The molecule has 2 aromatic heterocycles. The van der Waals surface area contributed by atoms with Crippen molar-refractivity contribution in [3.05, 3.63) is 63.2 Å². The molecule has 0 fully saturated rings. The molecule has 0 bridgehead atoms. The van der Waals surface area contributed by atoms with Crippen LogP contribution in [0, 0.1) is 20.8 Å². The molecule has 0 radical (unpaired) electrons. The molecule has 26 heavy (non-hydrogen) atoms. The van der Waals surface area contributed by atoms with Crippen LogP contribution in [0.25, 0.3) is 0 Å². The number of benzene rings is 1. The molecule has 0 saturated heterocycles. The lowest BCUT2D eigenvalue weighted by atomic mass is 10.2. The summed E-state index contributed by atoms with van der Waals surface area (Å²) in [7, 11) is 0. The van der Waals surface area contributed by atoms with Crippen LogP contribution < -0.4 is 5.32 Å². The highest BCUT2D eigenvalue weighted by atomic mass is 35.5. The molecule has 0 aliphatic heterocycles. The minimum atomic E-state index is -0.187. The van der Waals surface area contributed by atoms with Crippen molar-refractivity contribution < 1.29 is 4.79 Å². The quantitative estimate of drug-likeness (QED) is 0.714. The van der Waals surface area contributed by atoms with E-state index in [1.54, 1.807) is 13.1 Å². The summed E-state index contributed by atoms with van der Waals surface area (Å²) >= 11 is 12.2. The van der Waals surface area contributed by atoms with Crippen molar-refractivity contribution in [1.29, 1.82) is 0 Å². The molecule has 0 saturated carbocycles. The fourth-order valence-corrected chi connectivity index (χ4v) is 3.07. The van der Waals surface area contributed by atoms with Crippen molar-refractivity contribution in [3.8, 4) is 0 Å². The van der Waals surface area contributed by atoms with Gasteiger partial charge in [-0.25, -0.2) is 0 Å². The van der Waals surface area contributed by atoms with Gasteiger partial charge in [-0.05, 0) is 32.4 Å². The first kappa shape index (κ1) is 18.5. The van der Waals surface area contributed by atoms with E-state index in [-0.39, 0.29) is 12.5 Å². The Labute approximate surface area is 161 Å². The number of aryl methyl sites for hydroxylation is 2. The fourth-order valence-electron chi connectivity index (χ4n) is 2.72. The van der Waals surface area contributed by atoms with Gasteiger partial charge in [-0.3, -0.25) is 14.2 Å². The molecule has 3 aromatic rings. The number of halogens is 2. The predicted octanol–water partition coefficient (Wildman–Crippen LogP) is 4.00. The topological polar surface area (TPSA) is 64.7 Å². The zero-order valence-corrected chi connectivity index (χ0v) is 16.3. The number of carbonyl (C=O) groups excluding carboxylic acids is 1. The Bertz CT molecular complexity index is 941. The number of hydrogen-bond acceptors (Lipinski definition) is 3. The van der Waals surface area contributed by atoms with Crippen molar-refractivity contribution in [3.63, 3.8) is 0 Å². The second kappa shape index (κ2) is 7.51. The molecule has 0 unspecified atom stereocenters. The van der Waals surface area contributed by atoms with E-state index in [9.17, 15) is 4.79 Å². The third-order valence-electron chi connectivity index (χ3n) is 4.12. The van der Waals surface area contributed by atoms with Crippen LogP contribution in [0.1, 0.15) is 22.6 Å². The second-order valence-corrected chi connectivity index (χ2v) is 6.92. The number of aromatic nitrogens is 4. The van der Waals surface area contributed by atoms with E-state index < -0.39 is 0 Å². The average molecular weight is 392 g/mol. The standard InChI is InChI=1S/C18H19Cl2N5O/c1-11-16(20)9-24(22-11)10-17(26)21-18-12(2)23-25(13(18)3)8-14-6-4-5-7-15(14)19/h4-7,9H,8,10H2,1-3H3,(H,21,26). The SMILES string of the molecule is Cc1nn(CC(=O)Nc2c(C)nn(Cc3ccccc3Cl)c2C)cc1Cl. The number of nitrogens with one attached hydrogen (secondary N) is 1. The van der Waals surface area contributed by atoms with Crippen LogP contribution in [0.2, 0.25) is 10.0 Å². The monoisotopic (exact) mass is 391 g/mol. The molecule has 0 aliphatic carbocycles. The molecular formula is C18H19Cl2N5O. The minimum Gasteiger partial charge on any atom is -0.321 e. The Morgan fingerprint density at radius 2 is 1.81 bits per heavy atom. The zero-order valence-electron chi connectivity index (χ0n) is 14.8. The Balaban J connectivity index is 1.75. The average Bonchev–Trinajstić information content (AvgIpc) is 3.03. The number of amides is 1. The summed E-state index contributed by atoms with van der Waals surface area (Å²) in [5.74, 6) is -0.187. The summed E-state index contributed by atoms with van der Waals surface area (Å²) in [5, 5.41) is 12.9. The van der Waals surface area contributed by atoms with Gasteiger partial charge < -0.3 is 5.32 Å². The highest BCUT2D eigenvalue weighted by molar-refractivity contribution is 6.31. The first-order valence-electron chi connectivity index (χ1n) is 8.12. The summed E-state index contributed by atoms with van der Waals surface area (Å²) in [4.78, 5) is 12.4. The van der Waals surface area contributed by atoms with Crippen molar-refractivity contribution in [2.45, 2.75) is 33.9 Å². The van der Waals surface area contributed by atoms with E-state index in [4.69, 9.17) is 23.2 Å². The van der Waals surface area contributed by atoms with Gasteiger partial charge in [-0.15, -0.1) is 0 Å². The largest absolute Gasteiger partial charge is 0.321 e. The molecule has 1 aromatic carbocycles. The van der Waals surface area contributed by atoms with Gasteiger partial charge in [0.05, 0.1) is 34.3 Å². The van der Waals surface area contributed by atoms with Gasteiger partial charge in [-0.2, -0.15) is 10.2 Å². The summed E-state index contributed by atoms with van der Waals surface area (Å²) in [6, 6.07) is 7.64. The normalized spacial score (nSPS) is 11.0. The molecule has 0 aliphatic rings. The third kappa shape index (κ3) is 3.92. The molecule has 1 N–H and O–H groups in total. The van der Waals surface area contributed by atoms with Crippen molar-refractivity contribution >= 4 is 34.8 Å². The molecule has 6 nitrogen and oxygen atoms in total. The summed E-state index contributed by atoms with van der Waals surface area (Å²) < 4.78 is 3.35. The molecule has 3 rings (SSSR count). The summed E-state index contributed by atoms with van der Waals surface area (Å²) in [6.07, 6.45) is 1.64. The number of rotatable bonds is 5. The van der Waals surface area contributed by atoms with Crippen LogP contribution in [0.5, 0.6) is 0 Å². The maximum absolute atomic E-state index is 12.4. The third-order valence-corrected chi connectivity index (χ3v) is 4.86. The zero-order chi connectivity index (χ0) is 18.8. The Hall–Kier alpha value is -2.31. The molecule has 2 heterocycles. The van der Waals surface area contributed by atoms with Crippen LogP contribution in [0.3, 0.4) is 0 Å². The maximum atomic E-state index is 12.4. The van der Waals surface area contributed by atoms with Gasteiger partial charge in [0.25, 0.3) is 0 Å². The van der Waals surface area contributed by atoms with E-state index in [1.165, 1.54) is 4.68 Å². The van der Waals surface area contributed by atoms with Crippen LogP contribution in [-0.2, 0) is 17.9 Å². The number of hydrogen-bond donors (Lipinski definition) is 1. The van der Waals surface area contributed by atoms with E-state index in [0.717, 1.165) is 17.0 Å². The Morgan fingerprint density at radius 1 is 1.08 bits per heavy atom. The Morgan fingerprint density at radius 3 is 2.46 bits per heavy atom. The molecule has 1 amide bonds. The van der Waals surface area contributed by atoms with Crippen molar-refractivity contribution in [2.24, 2.45) is 0 Å². The molecular weight excluding hydrogens is 373 g/mol. The lowest BCUT2D eigenvalue weighted by Crippen LogP contribution is -2.20. The highest BCUT2D eigenvalue weighted by Gasteiger charge is 2.16. The predicted molar refractivity (Wildman–Crippen MR) is 103 cm³/mol. The van der Waals surface area contributed by atoms with E-state index in [1.807, 2.05) is 42.8 Å². The van der Waals surface area contributed by atoms with Crippen LogP contribution in [-0.4, -0.2) is 25.5 Å². The van der Waals surface area contributed by atoms with Crippen molar-refractivity contribution in [1.82, 2.24) is 19.6 Å². The smallest absolute Gasteiger partial charge is 0.246 e. The van der Waals surface area contributed by atoms with E-state index in [2.05, 4.69) is 15.5 Å². The van der Waals surface area contributed by atoms with Gasteiger partial charge in [0.15, 0.2) is 0 Å². The lowest BCUT2D eigenvalue weighted by Gasteiger charge is -2.08. The second-order valence-electron chi connectivity index (χ2n) is 6.10. The van der Waals surface area contributed by atoms with Gasteiger partial charge in [0.1, 0.15) is 6.54 Å². The highest BCUT2D eigenvalue weighted by Crippen LogP contribution is 2.23. The van der Waals surface area contributed by atoms with E-state index in [0.29, 0.717) is 28.0 Å². The van der Waals surface area contributed by atoms with Gasteiger partial charge >= 0.3 is 0 Å². The van der Waals surface area contributed by atoms with E-state index >= 15 is 0 Å². The van der Waals surface area contributed by atoms with Gasteiger partial charge in [-0.1, -0.05) is 41.4 Å². The Kier molecular flexibility index (Phi) is 5.34. The number of carbonyl (C=O) groups is 1. The van der Waals surface area contributed by atoms with Crippen LogP contribution >= 0.6 is 23.2 Å². The van der Waals surface area contributed by atoms with Crippen molar-refractivity contribution in [2.75, 3.05) is 5.32 Å². The van der Waals surface area contributed by atoms with Crippen LogP contribution in [0.4, 0.5) is 5.69 Å².